The molecule has 0 N–H and O–H groups in total. The van der Waals surface area contributed by atoms with E-state index in [9.17, 15) is 4.79 Å². The molecule has 4 aromatic rings. The Morgan fingerprint density at radius 2 is 1.81 bits per heavy atom. The molecule has 2 aromatic heterocycles. The van der Waals surface area contributed by atoms with Crippen molar-refractivity contribution < 1.29 is 4.74 Å². The summed E-state index contributed by atoms with van der Waals surface area (Å²) in [6.45, 7) is 0.881. The van der Waals surface area contributed by atoms with Gasteiger partial charge in [-0.3, -0.25) is 9.36 Å². The number of hydrogen-bond donors (Lipinski definition) is 0. The van der Waals surface area contributed by atoms with Crippen LogP contribution in [0.5, 0.6) is 0 Å². The van der Waals surface area contributed by atoms with Gasteiger partial charge in [0.2, 0.25) is 0 Å². The topological polar surface area (TPSA) is 44.1 Å². The first kappa shape index (κ1) is 17.9. The van der Waals surface area contributed by atoms with Crippen molar-refractivity contribution in [2.24, 2.45) is 0 Å². The molecular weight excluding hydrogens is 380 g/mol. The van der Waals surface area contributed by atoms with Gasteiger partial charge in [-0.25, -0.2) is 4.98 Å². The lowest BCUT2D eigenvalue weighted by Gasteiger charge is -2.12. The molecule has 2 aromatic carbocycles. The molecule has 0 unspecified atom stereocenters. The van der Waals surface area contributed by atoms with Gasteiger partial charge in [0.25, 0.3) is 5.56 Å². The van der Waals surface area contributed by atoms with Crippen molar-refractivity contribution in [3.05, 3.63) is 75.4 Å². The van der Waals surface area contributed by atoms with Gasteiger partial charge in [0, 0.05) is 28.6 Å². The molecule has 2 heterocycles. The van der Waals surface area contributed by atoms with Crippen LogP contribution in [-0.4, -0.2) is 23.3 Å². The van der Waals surface area contributed by atoms with E-state index in [0.717, 1.165) is 21.5 Å². The Bertz CT molecular complexity index is 1130. The van der Waals surface area contributed by atoms with E-state index in [4.69, 9.17) is 21.3 Å². The number of rotatable bonds is 5. The minimum absolute atomic E-state index is 0.0536. The normalized spacial score (nSPS) is 11.2. The van der Waals surface area contributed by atoms with E-state index in [1.54, 1.807) is 11.7 Å². The quantitative estimate of drug-likeness (QED) is 0.472. The molecule has 0 spiro atoms. The Labute approximate surface area is 165 Å². The molecule has 27 heavy (non-hydrogen) atoms. The Kier molecular flexibility index (Phi) is 5.07. The van der Waals surface area contributed by atoms with Gasteiger partial charge in [-0.15, -0.1) is 11.3 Å². The van der Waals surface area contributed by atoms with E-state index in [1.165, 1.54) is 11.3 Å². The van der Waals surface area contributed by atoms with Crippen LogP contribution >= 0.6 is 22.9 Å². The van der Waals surface area contributed by atoms with Crippen LogP contribution in [0, 0.1) is 0 Å². The molecule has 6 heteroatoms. The average molecular weight is 397 g/mol. The van der Waals surface area contributed by atoms with Gasteiger partial charge in [0.1, 0.15) is 10.7 Å². The van der Waals surface area contributed by atoms with Crippen LogP contribution < -0.4 is 5.56 Å². The summed E-state index contributed by atoms with van der Waals surface area (Å²) in [7, 11) is 1.63. The third-order valence-electron chi connectivity index (χ3n) is 4.40. The summed E-state index contributed by atoms with van der Waals surface area (Å²) >= 11 is 7.48. The maximum Gasteiger partial charge on any atom is 0.263 e. The van der Waals surface area contributed by atoms with Crippen LogP contribution in [0.2, 0.25) is 5.02 Å². The highest BCUT2D eigenvalue weighted by Crippen LogP contribution is 2.32. The number of benzene rings is 2. The van der Waals surface area contributed by atoms with Gasteiger partial charge in [-0.2, -0.15) is 0 Å². The van der Waals surface area contributed by atoms with E-state index >= 15 is 0 Å². The summed E-state index contributed by atoms with van der Waals surface area (Å²) in [6, 6.07) is 17.3. The molecule has 0 aliphatic rings. The first-order valence-corrected chi connectivity index (χ1v) is 9.77. The van der Waals surface area contributed by atoms with E-state index < -0.39 is 0 Å². The van der Waals surface area contributed by atoms with Gasteiger partial charge in [0.05, 0.1) is 18.5 Å². The van der Waals surface area contributed by atoms with Crippen LogP contribution in [0.25, 0.3) is 32.7 Å². The SMILES string of the molecule is COCCn1c(-c2ccccc2)nc2scc(-c3ccc(Cl)cc3)c2c1=O. The summed E-state index contributed by atoms with van der Waals surface area (Å²) in [5, 5.41) is 3.29. The highest BCUT2D eigenvalue weighted by Gasteiger charge is 2.17. The van der Waals surface area contributed by atoms with E-state index in [1.807, 2.05) is 60.0 Å². The molecule has 0 atom stereocenters. The first-order chi connectivity index (χ1) is 13.2. The molecule has 136 valence electrons. The zero-order valence-corrected chi connectivity index (χ0v) is 16.3. The summed E-state index contributed by atoms with van der Waals surface area (Å²) in [5.41, 5.74) is 2.70. The monoisotopic (exact) mass is 396 g/mol. The summed E-state index contributed by atoms with van der Waals surface area (Å²) < 4.78 is 6.92. The Morgan fingerprint density at radius 3 is 2.52 bits per heavy atom. The summed E-state index contributed by atoms with van der Waals surface area (Å²) in [4.78, 5) is 19.0. The van der Waals surface area contributed by atoms with Gasteiger partial charge >= 0.3 is 0 Å². The van der Waals surface area contributed by atoms with E-state index in [2.05, 4.69) is 0 Å². The fourth-order valence-electron chi connectivity index (χ4n) is 3.06. The van der Waals surface area contributed by atoms with E-state index in [0.29, 0.717) is 29.4 Å². The zero-order chi connectivity index (χ0) is 18.8. The van der Waals surface area contributed by atoms with Crippen LogP contribution in [0.1, 0.15) is 0 Å². The number of fused-ring (bicyclic) bond motifs is 1. The minimum Gasteiger partial charge on any atom is -0.383 e. The maximum atomic E-state index is 13.4. The molecular formula is C21H17ClN2O2S. The maximum absolute atomic E-state index is 13.4. The third-order valence-corrected chi connectivity index (χ3v) is 5.52. The fraction of sp³-hybridized carbons (Fsp3) is 0.143. The predicted molar refractivity (Wildman–Crippen MR) is 112 cm³/mol. The number of thiophene rings is 1. The minimum atomic E-state index is -0.0536. The molecule has 4 nitrogen and oxygen atoms in total. The van der Waals surface area contributed by atoms with Crippen molar-refractivity contribution in [3.8, 4) is 22.5 Å². The molecule has 0 bridgehead atoms. The number of ether oxygens (including phenoxy) is 1. The fourth-order valence-corrected chi connectivity index (χ4v) is 4.13. The lowest BCUT2D eigenvalue weighted by molar-refractivity contribution is 0.186. The molecule has 0 saturated carbocycles. The van der Waals surface area contributed by atoms with Crippen molar-refractivity contribution in [1.82, 2.24) is 9.55 Å². The number of methoxy groups -OCH3 is 1. The van der Waals surface area contributed by atoms with Gasteiger partial charge in [0.15, 0.2) is 0 Å². The van der Waals surface area contributed by atoms with Crippen LogP contribution in [0.15, 0.2) is 64.8 Å². The molecule has 0 saturated heterocycles. The lowest BCUT2D eigenvalue weighted by atomic mass is 10.1. The van der Waals surface area contributed by atoms with Crippen molar-refractivity contribution >= 4 is 33.2 Å². The van der Waals surface area contributed by atoms with Crippen LogP contribution in [0.4, 0.5) is 0 Å². The Morgan fingerprint density at radius 1 is 1.07 bits per heavy atom. The molecule has 0 amide bonds. The number of aromatic nitrogens is 2. The summed E-state index contributed by atoms with van der Waals surface area (Å²) in [6.07, 6.45) is 0. The standard InChI is InChI=1S/C21H17ClN2O2S/c1-26-12-11-24-19(15-5-3-2-4-6-15)23-20-18(21(24)25)17(13-27-20)14-7-9-16(22)10-8-14/h2-10,13H,11-12H2,1H3. The second-order valence-electron chi connectivity index (χ2n) is 6.09. The second kappa shape index (κ2) is 7.64. The van der Waals surface area contributed by atoms with Crippen molar-refractivity contribution in [1.29, 1.82) is 0 Å². The lowest BCUT2D eigenvalue weighted by Crippen LogP contribution is -2.25. The number of nitrogens with zero attached hydrogens (tertiary/aromatic N) is 2. The Balaban J connectivity index is 1.96. The van der Waals surface area contributed by atoms with E-state index in [-0.39, 0.29) is 5.56 Å². The number of hydrogen-bond acceptors (Lipinski definition) is 4. The van der Waals surface area contributed by atoms with Crippen molar-refractivity contribution in [3.63, 3.8) is 0 Å². The molecule has 0 radical (unpaired) electrons. The smallest absolute Gasteiger partial charge is 0.263 e. The predicted octanol–water partition coefficient (Wildman–Crippen LogP) is 5.09. The summed E-state index contributed by atoms with van der Waals surface area (Å²) in [5.74, 6) is 0.662. The van der Waals surface area contributed by atoms with Crippen LogP contribution in [0.3, 0.4) is 0 Å². The first-order valence-electron chi connectivity index (χ1n) is 8.51. The Hall–Kier alpha value is -2.47. The number of halogens is 1. The van der Waals surface area contributed by atoms with Gasteiger partial charge < -0.3 is 4.74 Å². The van der Waals surface area contributed by atoms with Gasteiger partial charge in [-0.1, -0.05) is 54.1 Å². The van der Waals surface area contributed by atoms with Gasteiger partial charge in [-0.05, 0) is 17.7 Å². The molecule has 0 fully saturated rings. The van der Waals surface area contributed by atoms with Crippen molar-refractivity contribution in [2.45, 2.75) is 6.54 Å². The highest BCUT2D eigenvalue weighted by atomic mass is 35.5. The zero-order valence-electron chi connectivity index (χ0n) is 14.7. The average Bonchev–Trinajstić information content (AvgIpc) is 3.13. The largest absolute Gasteiger partial charge is 0.383 e. The van der Waals surface area contributed by atoms with Crippen LogP contribution in [-0.2, 0) is 11.3 Å². The molecule has 4 rings (SSSR count). The second-order valence-corrected chi connectivity index (χ2v) is 7.38. The highest BCUT2D eigenvalue weighted by molar-refractivity contribution is 7.17. The molecule has 0 aliphatic carbocycles. The molecule has 0 aliphatic heterocycles. The van der Waals surface area contributed by atoms with Crippen molar-refractivity contribution in [2.75, 3.05) is 13.7 Å². The third kappa shape index (κ3) is 3.41.